The first-order valence-corrected chi connectivity index (χ1v) is 7.63. The van der Waals surface area contributed by atoms with Crippen LogP contribution in [0.2, 0.25) is 0 Å². The summed E-state index contributed by atoms with van der Waals surface area (Å²) >= 11 is 0. The van der Waals surface area contributed by atoms with Crippen LogP contribution in [0.5, 0.6) is 0 Å². The van der Waals surface area contributed by atoms with Crippen molar-refractivity contribution in [3.05, 3.63) is 44.7 Å². The molecule has 1 fully saturated rings. The highest BCUT2D eigenvalue weighted by atomic mass is 19.4. The highest BCUT2D eigenvalue weighted by Crippen LogP contribution is 2.37. The lowest BCUT2D eigenvalue weighted by atomic mass is 10.0. The first kappa shape index (κ1) is 16.6. The number of fused-ring (bicyclic) bond motifs is 1. The first-order chi connectivity index (χ1) is 11.4. The van der Waals surface area contributed by atoms with Crippen LogP contribution in [-0.2, 0) is 12.7 Å². The standard InChI is InChI=1S/C16H15F3N2O3/c17-16(18,19)12-8-14(22)24-15-10(12)4-5-13(20-23)11(15)9-21-6-2-1-3-7-21/h4-5,8H,1-3,6-7,9H2. The summed E-state index contributed by atoms with van der Waals surface area (Å²) in [6.45, 7) is 1.78. The number of hydrogen-bond acceptors (Lipinski definition) is 5. The van der Waals surface area contributed by atoms with E-state index in [9.17, 15) is 22.9 Å². The third-order valence-corrected chi connectivity index (χ3v) is 4.22. The summed E-state index contributed by atoms with van der Waals surface area (Å²) < 4.78 is 44.6. The Morgan fingerprint density at radius 1 is 1.17 bits per heavy atom. The van der Waals surface area contributed by atoms with E-state index in [0.29, 0.717) is 6.07 Å². The Balaban J connectivity index is 2.19. The molecule has 5 nitrogen and oxygen atoms in total. The van der Waals surface area contributed by atoms with Crippen LogP contribution in [0.4, 0.5) is 18.9 Å². The SMILES string of the molecule is O=Nc1ccc2c(C(F)(F)F)cc(=O)oc2c1CN1CCCCC1. The molecule has 0 unspecified atom stereocenters. The number of likely N-dealkylation sites (tertiary alicyclic amines) is 1. The van der Waals surface area contributed by atoms with Gasteiger partial charge in [0.2, 0.25) is 0 Å². The van der Waals surface area contributed by atoms with Gasteiger partial charge in [0.25, 0.3) is 0 Å². The van der Waals surface area contributed by atoms with E-state index in [0.717, 1.165) is 38.4 Å². The molecule has 0 bridgehead atoms. The summed E-state index contributed by atoms with van der Waals surface area (Å²) in [5.74, 6) is 0. The lowest BCUT2D eigenvalue weighted by Gasteiger charge is -2.26. The van der Waals surface area contributed by atoms with Crippen molar-refractivity contribution in [1.82, 2.24) is 4.90 Å². The van der Waals surface area contributed by atoms with Crippen LogP contribution in [0.15, 0.2) is 32.6 Å². The van der Waals surface area contributed by atoms with E-state index < -0.39 is 17.4 Å². The van der Waals surface area contributed by atoms with E-state index in [1.54, 1.807) is 0 Å². The van der Waals surface area contributed by atoms with Crippen LogP contribution in [0, 0.1) is 4.91 Å². The molecule has 0 radical (unpaired) electrons. The second-order valence-corrected chi connectivity index (χ2v) is 5.84. The maximum absolute atomic E-state index is 13.2. The van der Waals surface area contributed by atoms with Gasteiger partial charge in [0.05, 0.1) is 5.56 Å². The summed E-state index contributed by atoms with van der Waals surface area (Å²) in [5.41, 5.74) is -2.15. The van der Waals surface area contributed by atoms with Crippen LogP contribution >= 0.6 is 0 Å². The van der Waals surface area contributed by atoms with Crippen molar-refractivity contribution in [3.8, 4) is 0 Å². The van der Waals surface area contributed by atoms with E-state index >= 15 is 0 Å². The predicted molar refractivity (Wildman–Crippen MR) is 82.1 cm³/mol. The Labute approximate surface area is 135 Å². The fraction of sp³-hybridized carbons (Fsp3) is 0.438. The van der Waals surface area contributed by atoms with Gasteiger partial charge < -0.3 is 4.42 Å². The summed E-state index contributed by atoms with van der Waals surface area (Å²) in [7, 11) is 0. The maximum atomic E-state index is 13.2. The quantitative estimate of drug-likeness (QED) is 0.621. The van der Waals surface area contributed by atoms with Gasteiger partial charge in [0, 0.05) is 23.6 Å². The second-order valence-electron chi connectivity index (χ2n) is 5.84. The third-order valence-electron chi connectivity index (χ3n) is 4.22. The summed E-state index contributed by atoms with van der Waals surface area (Å²) in [5, 5.41) is 2.65. The fourth-order valence-corrected chi connectivity index (χ4v) is 3.09. The summed E-state index contributed by atoms with van der Waals surface area (Å²) in [6.07, 6.45) is -1.64. The summed E-state index contributed by atoms with van der Waals surface area (Å²) in [4.78, 5) is 24.7. The van der Waals surface area contributed by atoms with Crippen LogP contribution in [-0.4, -0.2) is 18.0 Å². The van der Waals surface area contributed by atoms with Gasteiger partial charge in [-0.3, -0.25) is 4.90 Å². The number of hydrogen-bond donors (Lipinski definition) is 0. The Morgan fingerprint density at radius 3 is 2.50 bits per heavy atom. The average molecular weight is 340 g/mol. The molecule has 0 amide bonds. The first-order valence-electron chi connectivity index (χ1n) is 7.63. The maximum Gasteiger partial charge on any atom is 0.417 e. The molecular weight excluding hydrogens is 325 g/mol. The Hall–Kier alpha value is -2.22. The highest BCUT2D eigenvalue weighted by Gasteiger charge is 2.34. The van der Waals surface area contributed by atoms with E-state index in [2.05, 4.69) is 5.18 Å². The van der Waals surface area contributed by atoms with Gasteiger partial charge >= 0.3 is 11.8 Å². The van der Waals surface area contributed by atoms with Crippen molar-refractivity contribution in [1.29, 1.82) is 0 Å². The molecule has 0 N–H and O–H groups in total. The van der Waals surface area contributed by atoms with E-state index in [-0.39, 0.29) is 28.8 Å². The largest absolute Gasteiger partial charge is 0.422 e. The van der Waals surface area contributed by atoms with Gasteiger partial charge in [-0.05, 0) is 43.2 Å². The highest BCUT2D eigenvalue weighted by molar-refractivity contribution is 5.87. The van der Waals surface area contributed by atoms with Crippen LogP contribution < -0.4 is 5.63 Å². The molecule has 1 aliphatic rings. The van der Waals surface area contributed by atoms with Crippen molar-refractivity contribution < 1.29 is 17.6 Å². The van der Waals surface area contributed by atoms with E-state index in [4.69, 9.17) is 4.42 Å². The topological polar surface area (TPSA) is 62.9 Å². The third kappa shape index (κ3) is 3.19. The molecular formula is C16H15F3N2O3. The minimum absolute atomic E-state index is 0.00412. The fourth-order valence-electron chi connectivity index (χ4n) is 3.09. The van der Waals surface area contributed by atoms with Gasteiger partial charge in [-0.1, -0.05) is 6.42 Å². The second kappa shape index (κ2) is 6.35. The molecule has 1 aromatic heterocycles. The Bertz CT molecular complexity index is 824. The van der Waals surface area contributed by atoms with Crippen molar-refractivity contribution in [3.63, 3.8) is 0 Å². The molecule has 2 heterocycles. The van der Waals surface area contributed by atoms with Crippen molar-refractivity contribution in [2.24, 2.45) is 5.18 Å². The van der Waals surface area contributed by atoms with Gasteiger partial charge in [-0.25, -0.2) is 4.79 Å². The zero-order valence-electron chi connectivity index (χ0n) is 12.7. The van der Waals surface area contributed by atoms with Gasteiger partial charge in [0.15, 0.2) is 0 Å². The molecule has 24 heavy (non-hydrogen) atoms. The zero-order chi connectivity index (χ0) is 17.3. The van der Waals surface area contributed by atoms with Crippen LogP contribution in [0.1, 0.15) is 30.4 Å². The molecule has 0 spiro atoms. The molecule has 1 aliphatic heterocycles. The van der Waals surface area contributed by atoms with Gasteiger partial charge in [0.1, 0.15) is 11.3 Å². The molecule has 0 saturated carbocycles. The molecule has 3 rings (SSSR count). The number of halogens is 3. The normalized spacial score (nSPS) is 16.5. The zero-order valence-corrected chi connectivity index (χ0v) is 12.7. The van der Waals surface area contributed by atoms with Crippen molar-refractivity contribution >= 4 is 16.7 Å². The van der Waals surface area contributed by atoms with Crippen molar-refractivity contribution in [2.75, 3.05) is 13.1 Å². The van der Waals surface area contributed by atoms with E-state index in [1.807, 2.05) is 4.90 Å². The molecule has 0 aliphatic carbocycles. The number of benzene rings is 1. The number of alkyl halides is 3. The number of nitroso groups, excluding NO2 is 1. The summed E-state index contributed by atoms with van der Waals surface area (Å²) in [6, 6.07) is 2.79. The lowest BCUT2D eigenvalue weighted by Crippen LogP contribution is -2.29. The Kier molecular flexibility index (Phi) is 4.40. The van der Waals surface area contributed by atoms with Crippen molar-refractivity contribution in [2.45, 2.75) is 32.0 Å². The molecule has 8 heteroatoms. The van der Waals surface area contributed by atoms with E-state index in [1.165, 1.54) is 6.07 Å². The monoisotopic (exact) mass is 340 g/mol. The lowest BCUT2D eigenvalue weighted by molar-refractivity contribution is -0.136. The number of rotatable bonds is 3. The molecule has 1 saturated heterocycles. The predicted octanol–water partition coefficient (Wildman–Crippen LogP) is 4.20. The van der Waals surface area contributed by atoms with Crippen LogP contribution in [0.3, 0.4) is 0 Å². The Morgan fingerprint density at radius 2 is 1.88 bits per heavy atom. The van der Waals surface area contributed by atoms with Gasteiger partial charge in [-0.2, -0.15) is 13.2 Å². The average Bonchev–Trinajstić information content (AvgIpc) is 2.55. The molecule has 0 atom stereocenters. The molecule has 2 aromatic rings. The number of piperidine rings is 1. The minimum Gasteiger partial charge on any atom is -0.422 e. The number of nitrogens with zero attached hydrogens (tertiary/aromatic N) is 2. The minimum atomic E-state index is -4.69. The van der Waals surface area contributed by atoms with Crippen LogP contribution in [0.25, 0.3) is 11.0 Å². The smallest absolute Gasteiger partial charge is 0.417 e. The molecule has 128 valence electrons. The van der Waals surface area contributed by atoms with Gasteiger partial charge in [-0.15, -0.1) is 4.91 Å². The molecule has 1 aromatic carbocycles.